The number of hydrogen-bond acceptors (Lipinski definition) is 1. The molecule has 3 heteroatoms. The summed E-state index contributed by atoms with van der Waals surface area (Å²) in [7, 11) is -1.19. The molecule has 0 fully saturated rings. The number of benzene rings is 2. The van der Waals surface area contributed by atoms with Gasteiger partial charge in [0.2, 0.25) is 0 Å². The molecule has 0 bridgehead atoms. The number of hydrogen-bond donors (Lipinski definition) is 1. The van der Waals surface area contributed by atoms with Gasteiger partial charge in [0.15, 0.2) is 0 Å². The van der Waals surface area contributed by atoms with Gasteiger partial charge < -0.3 is 4.89 Å². The summed E-state index contributed by atoms with van der Waals surface area (Å²) in [6, 6.07) is 18.1. The Hall–Kier alpha value is -1.11. The van der Waals surface area contributed by atoms with Crippen LogP contribution in [0.4, 0.5) is 0 Å². The molecule has 0 aromatic heterocycles. The van der Waals surface area contributed by atoms with Crippen molar-refractivity contribution >= 4 is 27.2 Å². The second-order valence-corrected chi connectivity index (χ2v) is 5.33. The Labute approximate surface area is 106 Å². The van der Waals surface area contributed by atoms with Gasteiger partial charge in [-0.15, -0.1) is 0 Å². The Kier molecular flexibility index (Phi) is 5.41. The zero-order valence-electron chi connectivity index (χ0n) is 9.88. The molecule has 0 aliphatic heterocycles. The molecule has 2 aromatic carbocycles. The van der Waals surface area contributed by atoms with Crippen LogP contribution in [0.1, 0.15) is 12.5 Å². The summed E-state index contributed by atoms with van der Waals surface area (Å²) in [5, 5.41) is 2.03. The van der Waals surface area contributed by atoms with Crippen LogP contribution in [0.25, 0.3) is 0 Å². The van der Waals surface area contributed by atoms with Gasteiger partial charge in [0.25, 0.3) is 0 Å². The fourth-order valence-corrected chi connectivity index (χ4v) is 2.89. The summed E-state index contributed by atoms with van der Waals surface area (Å²) >= 11 is 0. The van der Waals surface area contributed by atoms with Gasteiger partial charge in [0.05, 0.1) is 8.15 Å². The van der Waals surface area contributed by atoms with Crippen molar-refractivity contribution in [3.8, 4) is 0 Å². The van der Waals surface area contributed by atoms with Crippen LogP contribution in [0.15, 0.2) is 54.6 Å². The third-order valence-electron chi connectivity index (χ3n) is 2.56. The molecule has 1 atom stereocenters. The van der Waals surface area contributed by atoms with Gasteiger partial charge in [-0.3, -0.25) is 0 Å². The van der Waals surface area contributed by atoms with E-state index in [1.807, 2.05) is 42.5 Å². The highest BCUT2D eigenvalue weighted by Gasteiger charge is 2.09. The summed E-state index contributed by atoms with van der Waals surface area (Å²) in [4.78, 5) is 10.3. The van der Waals surface area contributed by atoms with E-state index in [2.05, 4.69) is 19.1 Å². The van der Waals surface area contributed by atoms with E-state index in [0.29, 0.717) is 0 Å². The van der Waals surface area contributed by atoms with Crippen molar-refractivity contribution < 1.29 is 4.89 Å². The first-order valence-corrected chi connectivity index (χ1v) is 6.73. The first-order chi connectivity index (χ1) is 7.81. The van der Waals surface area contributed by atoms with Crippen molar-refractivity contribution in [3.05, 3.63) is 60.2 Å². The molecule has 0 aliphatic rings. The van der Waals surface area contributed by atoms with E-state index < -0.39 is 8.15 Å². The maximum atomic E-state index is 10.3. The third kappa shape index (κ3) is 3.42. The van der Waals surface area contributed by atoms with Gasteiger partial charge in [0.1, 0.15) is 0 Å². The fourth-order valence-electron chi connectivity index (χ4n) is 1.63. The Bertz CT molecular complexity index is 459. The molecule has 17 heavy (non-hydrogen) atoms. The van der Waals surface area contributed by atoms with Gasteiger partial charge in [-0.2, -0.15) is 0 Å². The predicted molar refractivity (Wildman–Crippen MR) is 76.4 cm³/mol. The summed E-state index contributed by atoms with van der Waals surface area (Å²) in [5.41, 5.74) is 1.27. The van der Waals surface area contributed by atoms with E-state index in [0.717, 1.165) is 17.0 Å². The molecule has 1 N–H and O–H groups in total. The molecule has 0 aliphatic carbocycles. The molecule has 0 spiro atoms. The Balaban J connectivity index is 0.00000144. The molecule has 1 unspecified atom stereocenters. The topological polar surface area (TPSA) is 20.2 Å². The van der Waals surface area contributed by atoms with Crippen LogP contribution < -0.4 is 10.6 Å². The lowest BCUT2D eigenvalue weighted by Gasteiger charge is -2.11. The molecule has 0 saturated heterocycles. The molecular weight excluding hydrogens is 226 g/mol. The Morgan fingerprint density at radius 3 is 2.24 bits per heavy atom. The van der Waals surface area contributed by atoms with Crippen molar-refractivity contribution in [1.82, 2.24) is 0 Å². The van der Waals surface area contributed by atoms with Crippen LogP contribution in [-0.4, -0.2) is 13.3 Å². The summed E-state index contributed by atoms with van der Waals surface area (Å²) < 4.78 is 0. The average Bonchev–Trinajstić information content (AvgIpc) is 2.39. The summed E-state index contributed by atoms with van der Waals surface area (Å²) in [6.07, 6.45) is 1.01. The Morgan fingerprint density at radius 2 is 1.59 bits per heavy atom. The fraction of sp³-hybridized carbons (Fsp3) is 0.143. The Morgan fingerprint density at radius 1 is 0.941 bits per heavy atom. The number of aryl methyl sites for hydroxylation is 1. The quantitative estimate of drug-likeness (QED) is 0.645. The van der Waals surface area contributed by atoms with Crippen molar-refractivity contribution in [3.63, 3.8) is 0 Å². The molecule has 0 heterocycles. The lowest BCUT2D eigenvalue weighted by molar-refractivity contribution is 0.644. The van der Waals surface area contributed by atoms with Crippen LogP contribution in [0.2, 0.25) is 0 Å². The van der Waals surface area contributed by atoms with Crippen LogP contribution in [0.5, 0.6) is 0 Å². The lowest BCUT2D eigenvalue weighted by Crippen LogP contribution is -2.11. The molecule has 0 saturated carbocycles. The molecule has 85 valence electrons. The van der Waals surface area contributed by atoms with Crippen LogP contribution in [0.3, 0.4) is 0 Å². The standard InChI is InChI=1S/C14H15OP.B/c1-2-12-7-6-10-14(11-12)16(15)13-8-4-3-5-9-13;/h3-11,15H,2H2,1H3;. The van der Waals surface area contributed by atoms with E-state index in [1.54, 1.807) is 0 Å². The van der Waals surface area contributed by atoms with E-state index in [9.17, 15) is 4.89 Å². The van der Waals surface area contributed by atoms with Crippen molar-refractivity contribution in [2.24, 2.45) is 0 Å². The van der Waals surface area contributed by atoms with E-state index in [4.69, 9.17) is 0 Å². The second kappa shape index (κ2) is 6.59. The highest BCUT2D eigenvalue weighted by atomic mass is 31.1. The zero-order chi connectivity index (χ0) is 11.4. The highest BCUT2D eigenvalue weighted by molar-refractivity contribution is 7.67. The largest absolute Gasteiger partial charge is 0.364 e. The molecule has 1 nitrogen and oxygen atoms in total. The van der Waals surface area contributed by atoms with Gasteiger partial charge in [-0.1, -0.05) is 55.5 Å². The maximum absolute atomic E-state index is 10.3. The molecule has 2 rings (SSSR count). The highest BCUT2D eigenvalue weighted by Crippen LogP contribution is 2.27. The zero-order valence-corrected chi connectivity index (χ0v) is 10.8. The first-order valence-electron chi connectivity index (χ1n) is 5.44. The monoisotopic (exact) mass is 241 g/mol. The van der Waals surface area contributed by atoms with E-state index in [1.165, 1.54) is 5.56 Å². The lowest BCUT2D eigenvalue weighted by atomic mass is 10.2. The molecule has 0 amide bonds. The first kappa shape index (κ1) is 14.0. The van der Waals surface area contributed by atoms with E-state index in [-0.39, 0.29) is 8.41 Å². The minimum atomic E-state index is -1.19. The molecule has 3 radical (unpaired) electrons. The van der Waals surface area contributed by atoms with E-state index >= 15 is 0 Å². The minimum Gasteiger partial charge on any atom is -0.364 e. The summed E-state index contributed by atoms with van der Waals surface area (Å²) in [6.45, 7) is 2.13. The normalized spacial score (nSPS) is 11.6. The molecular formula is C14H15BOP. The number of rotatable bonds is 3. The van der Waals surface area contributed by atoms with Gasteiger partial charge >= 0.3 is 0 Å². The SMILES string of the molecule is CCc1cccc(P(O)c2ccccc2)c1.[B]. The van der Waals surface area contributed by atoms with Crippen LogP contribution in [0, 0.1) is 0 Å². The smallest absolute Gasteiger partial charge is 0.0877 e. The molecule has 2 aromatic rings. The van der Waals surface area contributed by atoms with Crippen LogP contribution >= 0.6 is 8.15 Å². The predicted octanol–water partition coefficient (Wildman–Crippen LogP) is 2.21. The second-order valence-electron chi connectivity index (χ2n) is 3.67. The minimum absolute atomic E-state index is 0. The van der Waals surface area contributed by atoms with Gasteiger partial charge in [-0.05, 0) is 18.1 Å². The van der Waals surface area contributed by atoms with Crippen molar-refractivity contribution in [2.75, 3.05) is 0 Å². The van der Waals surface area contributed by atoms with Gasteiger partial charge in [-0.25, -0.2) is 0 Å². The van der Waals surface area contributed by atoms with Crippen LogP contribution in [-0.2, 0) is 6.42 Å². The van der Waals surface area contributed by atoms with Crippen molar-refractivity contribution in [1.29, 1.82) is 0 Å². The van der Waals surface area contributed by atoms with Gasteiger partial charge in [0, 0.05) is 19.0 Å². The maximum Gasteiger partial charge on any atom is 0.0877 e. The van der Waals surface area contributed by atoms with Crippen molar-refractivity contribution in [2.45, 2.75) is 13.3 Å². The third-order valence-corrected chi connectivity index (χ3v) is 4.12. The summed E-state index contributed by atoms with van der Waals surface area (Å²) in [5.74, 6) is 0. The average molecular weight is 241 g/mol.